The molecule has 1 saturated carbocycles. The van der Waals surface area contributed by atoms with Crippen LogP contribution in [0.3, 0.4) is 0 Å². The maximum absolute atomic E-state index is 12.6. The molecule has 1 aliphatic carbocycles. The summed E-state index contributed by atoms with van der Waals surface area (Å²) in [4.78, 5) is 12.6. The van der Waals surface area contributed by atoms with Crippen molar-refractivity contribution in [2.75, 3.05) is 6.61 Å². The Bertz CT molecular complexity index is 844. The monoisotopic (exact) mass is 382 g/mol. The van der Waals surface area contributed by atoms with E-state index in [2.05, 4.69) is 6.07 Å². The van der Waals surface area contributed by atoms with Crippen LogP contribution in [0.15, 0.2) is 47.1 Å². The molecule has 2 aliphatic rings. The van der Waals surface area contributed by atoms with Crippen molar-refractivity contribution in [1.82, 2.24) is 0 Å². The van der Waals surface area contributed by atoms with E-state index in [4.69, 9.17) is 19.9 Å². The van der Waals surface area contributed by atoms with E-state index in [0.29, 0.717) is 24.0 Å². The van der Waals surface area contributed by atoms with Crippen LogP contribution in [0.25, 0.3) is 0 Å². The van der Waals surface area contributed by atoms with Crippen LogP contribution in [-0.2, 0) is 25.6 Å². The lowest BCUT2D eigenvalue weighted by molar-refractivity contribution is -0.139. The molecule has 0 spiro atoms. The second kappa shape index (κ2) is 8.94. The molecule has 1 unspecified atom stereocenters. The van der Waals surface area contributed by atoms with Gasteiger partial charge in [-0.1, -0.05) is 37.1 Å². The average Bonchev–Trinajstić information content (AvgIpc) is 3.20. The smallest absolute Gasteiger partial charge is 0.338 e. The number of ether oxygens (including phenoxy) is 3. The van der Waals surface area contributed by atoms with Crippen LogP contribution in [-0.4, -0.2) is 18.7 Å². The van der Waals surface area contributed by atoms with E-state index in [1.807, 2.05) is 24.3 Å². The first-order valence-corrected chi connectivity index (χ1v) is 9.71. The topological polar surface area (TPSA) is 94.6 Å². The lowest BCUT2D eigenvalue weighted by Crippen LogP contribution is -2.25. The van der Waals surface area contributed by atoms with E-state index in [9.17, 15) is 10.1 Å². The van der Waals surface area contributed by atoms with Crippen LogP contribution < -0.4 is 5.73 Å². The van der Waals surface area contributed by atoms with Crippen molar-refractivity contribution in [3.05, 3.63) is 58.2 Å². The Hall–Kier alpha value is -2.78. The van der Waals surface area contributed by atoms with Gasteiger partial charge < -0.3 is 19.9 Å². The Morgan fingerprint density at radius 2 is 2.11 bits per heavy atom. The number of nitriles is 1. The van der Waals surface area contributed by atoms with Gasteiger partial charge in [0.2, 0.25) is 5.88 Å². The molecule has 0 radical (unpaired) electrons. The Morgan fingerprint density at radius 1 is 1.36 bits per heavy atom. The van der Waals surface area contributed by atoms with Crippen molar-refractivity contribution in [2.24, 2.45) is 5.73 Å². The molecule has 0 aromatic heterocycles. The van der Waals surface area contributed by atoms with E-state index >= 15 is 0 Å². The number of hydrogen-bond acceptors (Lipinski definition) is 6. The van der Waals surface area contributed by atoms with Crippen LogP contribution in [0.4, 0.5) is 0 Å². The highest BCUT2D eigenvalue weighted by Crippen LogP contribution is 2.39. The van der Waals surface area contributed by atoms with Gasteiger partial charge in [-0.15, -0.1) is 0 Å². The van der Waals surface area contributed by atoms with Gasteiger partial charge in [-0.25, -0.2) is 4.79 Å². The molecule has 3 rings (SSSR count). The lowest BCUT2D eigenvalue weighted by atomic mass is 9.82. The first-order valence-electron chi connectivity index (χ1n) is 9.71. The number of nitrogens with zero attached hydrogens (tertiary/aromatic N) is 1. The zero-order valence-electron chi connectivity index (χ0n) is 16.4. The predicted molar refractivity (Wildman–Crippen MR) is 103 cm³/mol. The fraction of sp³-hybridized carbons (Fsp3) is 0.455. The van der Waals surface area contributed by atoms with Crippen molar-refractivity contribution < 1.29 is 19.0 Å². The number of hydrogen-bond donors (Lipinski definition) is 1. The number of carbonyl (C=O) groups excluding carboxylic acids is 1. The molecule has 1 aromatic rings. The highest BCUT2D eigenvalue weighted by atomic mass is 16.5. The largest absolute Gasteiger partial charge is 0.463 e. The minimum atomic E-state index is -0.621. The lowest BCUT2D eigenvalue weighted by Gasteiger charge is -2.27. The van der Waals surface area contributed by atoms with E-state index in [0.717, 1.165) is 24.0 Å². The molecule has 0 bridgehead atoms. The number of carbonyl (C=O) groups is 1. The number of esters is 1. The minimum Gasteiger partial charge on any atom is -0.463 e. The summed E-state index contributed by atoms with van der Waals surface area (Å²) in [6.45, 7) is 4.13. The summed E-state index contributed by atoms with van der Waals surface area (Å²) >= 11 is 0. The molecular formula is C22H26N2O4. The minimum absolute atomic E-state index is 0.0191. The summed E-state index contributed by atoms with van der Waals surface area (Å²) in [5.41, 5.74) is 8.25. The van der Waals surface area contributed by atoms with Gasteiger partial charge in [0, 0.05) is 0 Å². The van der Waals surface area contributed by atoms with E-state index in [1.165, 1.54) is 12.8 Å². The van der Waals surface area contributed by atoms with E-state index in [-0.39, 0.29) is 18.1 Å². The maximum Gasteiger partial charge on any atom is 0.338 e. The second-order valence-corrected chi connectivity index (χ2v) is 7.08. The summed E-state index contributed by atoms with van der Waals surface area (Å²) in [7, 11) is 0. The molecule has 6 heteroatoms. The molecule has 0 saturated heterocycles. The van der Waals surface area contributed by atoms with Gasteiger partial charge in [-0.2, -0.15) is 5.26 Å². The molecule has 2 N–H and O–H groups in total. The van der Waals surface area contributed by atoms with E-state index in [1.54, 1.807) is 13.8 Å². The van der Waals surface area contributed by atoms with E-state index < -0.39 is 11.9 Å². The van der Waals surface area contributed by atoms with Gasteiger partial charge >= 0.3 is 5.97 Å². The quantitative estimate of drug-likeness (QED) is 0.752. The van der Waals surface area contributed by atoms with Crippen LogP contribution in [0.2, 0.25) is 0 Å². The van der Waals surface area contributed by atoms with Crippen molar-refractivity contribution in [1.29, 1.82) is 5.26 Å². The molecule has 0 amide bonds. The third-order valence-corrected chi connectivity index (χ3v) is 5.17. The van der Waals surface area contributed by atoms with Crippen LogP contribution in [0.1, 0.15) is 56.6 Å². The van der Waals surface area contributed by atoms with Gasteiger partial charge in [-0.3, -0.25) is 0 Å². The second-order valence-electron chi connectivity index (χ2n) is 7.08. The SMILES string of the molecule is CCOC(=O)C1=C(C)OC(N)=C(C#N)C1c1cccc(COC2CCCC2)c1. The normalized spacial score (nSPS) is 20.1. The average molecular weight is 382 g/mol. The summed E-state index contributed by atoms with van der Waals surface area (Å²) in [6.07, 6.45) is 4.96. The summed E-state index contributed by atoms with van der Waals surface area (Å²) < 4.78 is 16.7. The molecule has 1 aliphatic heterocycles. The molecular weight excluding hydrogens is 356 g/mol. The molecule has 1 fully saturated rings. The molecule has 28 heavy (non-hydrogen) atoms. The standard InChI is InChI=1S/C22H26N2O4/c1-3-26-22(25)19-14(2)28-21(24)18(12-23)20(19)16-8-6-7-15(11-16)13-27-17-9-4-5-10-17/h6-8,11,17,20H,3-5,9-10,13,24H2,1-2H3. The zero-order valence-corrected chi connectivity index (χ0v) is 16.4. The highest BCUT2D eigenvalue weighted by Gasteiger charge is 2.36. The van der Waals surface area contributed by atoms with Crippen LogP contribution in [0, 0.1) is 11.3 Å². The first-order chi connectivity index (χ1) is 13.5. The van der Waals surface area contributed by atoms with Gasteiger partial charge in [0.1, 0.15) is 17.4 Å². The first kappa shape index (κ1) is 20.0. The number of nitrogens with two attached hydrogens (primary N) is 1. The summed E-state index contributed by atoms with van der Waals surface area (Å²) in [6, 6.07) is 9.83. The number of allylic oxidation sites excluding steroid dienone is 2. The van der Waals surface area contributed by atoms with Crippen molar-refractivity contribution in [3.63, 3.8) is 0 Å². The Morgan fingerprint density at radius 3 is 2.79 bits per heavy atom. The van der Waals surface area contributed by atoms with Gasteiger partial charge in [0.25, 0.3) is 0 Å². The summed E-state index contributed by atoms with van der Waals surface area (Å²) in [5.74, 6) is -0.750. The molecule has 148 valence electrons. The highest BCUT2D eigenvalue weighted by molar-refractivity contribution is 5.92. The van der Waals surface area contributed by atoms with Crippen molar-refractivity contribution in [3.8, 4) is 6.07 Å². The number of benzene rings is 1. The van der Waals surface area contributed by atoms with Gasteiger partial charge in [-0.05, 0) is 37.8 Å². The van der Waals surface area contributed by atoms with Gasteiger partial charge in [0.15, 0.2) is 0 Å². The zero-order chi connectivity index (χ0) is 20.1. The Kier molecular flexibility index (Phi) is 6.37. The van der Waals surface area contributed by atoms with Crippen LogP contribution >= 0.6 is 0 Å². The Balaban J connectivity index is 1.92. The van der Waals surface area contributed by atoms with Gasteiger partial charge in [0.05, 0.1) is 30.8 Å². The van der Waals surface area contributed by atoms with Crippen LogP contribution in [0.5, 0.6) is 0 Å². The third-order valence-electron chi connectivity index (χ3n) is 5.17. The van der Waals surface area contributed by atoms with Crippen molar-refractivity contribution >= 4 is 5.97 Å². The molecule has 6 nitrogen and oxygen atoms in total. The maximum atomic E-state index is 12.6. The summed E-state index contributed by atoms with van der Waals surface area (Å²) in [5, 5.41) is 9.66. The predicted octanol–water partition coefficient (Wildman–Crippen LogP) is 3.79. The third kappa shape index (κ3) is 4.20. The Labute approximate surface area is 165 Å². The molecule has 1 atom stereocenters. The fourth-order valence-corrected chi connectivity index (χ4v) is 3.82. The molecule has 1 heterocycles. The molecule has 1 aromatic carbocycles. The fourth-order valence-electron chi connectivity index (χ4n) is 3.82. The number of rotatable bonds is 6. The van der Waals surface area contributed by atoms with Crippen molar-refractivity contribution in [2.45, 2.75) is 58.2 Å².